The van der Waals surface area contributed by atoms with Gasteiger partial charge in [0, 0.05) is 12.0 Å². The summed E-state index contributed by atoms with van der Waals surface area (Å²) < 4.78 is 31.9. The molecule has 0 unspecified atom stereocenters. The Kier molecular flexibility index (Phi) is 5.31. The van der Waals surface area contributed by atoms with Crippen molar-refractivity contribution in [3.8, 4) is 11.1 Å². The highest BCUT2D eigenvalue weighted by atomic mass is 19.1. The highest BCUT2D eigenvalue weighted by molar-refractivity contribution is 5.90. The van der Waals surface area contributed by atoms with E-state index < -0.39 is 35.5 Å². The summed E-state index contributed by atoms with van der Waals surface area (Å²) in [5.41, 5.74) is 3.99. The second kappa shape index (κ2) is 8.06. The molecular formula is C24H19F2NO3. The summed E-state index contributed by atoms with van der Waals surface area (Å²) in [5, 5.41) is 2.72. The fraction of sp³-hybridized carbons (Fsp3) is 0.167. The molecule has 1 amide bonds. The van der Waals surface area contributed by atoms with E-state index in [1.54, 1.807) is 0 Å². The number of carbonyl (C=O) groups is 2. The molecule has 1 aliphatic carbocycles. The third kappa shape index (κ3) is 3.68. The van der Waals surface area contributed by atoms with E-state index in [1.807, 2.05) is 48.5 Å². The standard InChI is InChI=1S/C24H19F2NO3/c1-30-24(29)23(27-21(28)12-14-10-15(25)13-16(26)11-14)22-19-8-4-2-6-17(19)18-7-3-5-9-20(18)22/h2-11,13,22-23H,12H2,1H3,(H,27,28)/t23-/m1/s1. The third-order valence-electron chi connectivity index (χ3n) is 5.27. The summed E-state index contributed by atoms with van der Waals surface area (Å²) >= 11 is 0. The molecule has 0 fully saturated rings. The zero-order valence-electron chi connectivity index (χ0n) is 16.2. The van der Waals surface area contributed by atoms with Crippen LogP contribution in [0.4, 0.5) is 8.78 Å². The second-order valence-corrected chi connectivity index (χ2v) is 7.17. The van der Waals surface area contributed by atoms with E-state index in [-0.39, 0.29) is 12.0 Å². The molecule has 0 heterocycles. The molecule has 1 N–H and O–H groups in total. The van der Waals surface area contributed by atoms with E-state index in [1.165, 1.54) is 7.11 Å². The number of fused-ring (bicyclic) bond motifs is 3. The molecule has 0 radical (unpaired) electrons. The molecule has 3 aromatic carbocycles. The molecule has 3 aromatic rings. The number of rotatable bonds is 5. The maximum Gasteiger partial charge on any atom is 0.329 e. The van der Waals surface area contributed by atoms with Crippen LogP contribution in [0.5, 0.6) is 0 Å². The van der Waals surface area contributed by atoms with E-state index in [9.17, 15) is 18.4 Å². The Morgan fingerprint density at radius 3 is 2.00 bits per heavy atom. The van der Waals surface area contributed by atoms with Crippen LogP contribution in [0.3, 0.4) is 0 Å². The molecule has 1 atom stereocenters. The van der Waals surface area contributed by atoms with E-state index >= 15 is 0 Å². The molecular weight excluding hydrogens is 388 g/mol. The van der Waals surface area contributed by atoms with Crippen LogP contribution in [-0.2, 0) is 20.7 Å². The zero-order chi connectivity index (χ0) is 21.3. The van der Waals surface area contributed by atoms with Gasteiger partial charge in [-0.25, -0.2) is 13.6 Å². The fourth-order valence-corrected chi connectivity index (χ4v) is 4.08. The van der Waals surface area contributed by atoms with Gasteiger partial charge in [-0.2, -0.15) is 0 Å². The first-order valence-corrected chi connectivity index (χ1v) is 9.48. The number of hydrogen-bond acceptors (Lipinski definition) is 3. The number of amides is 1. The van der Waals surface area contributed by atoms with Crippen molar-refractivity contribution in [3.63, 3.8) is 0 Å². The molecule has 30 heavy (non-hydrogen) atoms. The molecule has 0 aliphatic heterocycles. The summed E-state index contributed by atoms with van der Waals surface area (Å²) in [6.07, 6.45) is -0.266. The van der Waals surface area contributed by atoms with Gasteiger partial charge >= 0.3 is 5.97 Å². The lowest BCUT2D eigenvalue weighted by Crippen LogP contribution is -2.46. The van der Waals surface area contributed by atoms with Crippen molar-refractivity contribution in [2.45, 2.75) is 18.4 Å². The van der Waals surface area contributed by atoms with Crippen LogP contribution in [-0.4, -0.2) is 25.0 Å². The Balaban J connectivity index is 1.67. The maximum atomic E-state index is 13.5. The Hall–Kier alpha value is -3.54. The molecule has 0 spiro atoms. The highest BCUT2D eigenvalue weighted by Gasteiger charge is 2.39. The topological polar surface area (TPSA) is 55.4 Å². The molecule has 0 bridgehead atoms. The van der Waals surface area contributed by atoms with Crippen molar-refractivity contribution < 1.29 is 23.1 Å². The van der Waals surface area contributed by atoms with Crippen molar-refractivity contribution >= 4 is 11.9 Å². The van der Waals surface area contributed by atoms with Crippen molar-refractivity contribution in [1.29, 1.82) is 0 Å². The molecule has 1 aliphatic rings. The average molecular weight is 407 g/mol. The summed E-state index contributed by atoms with van der Waals surface area (Å²) in [7, 11) is 1.26. The van der Waals surface area contributed by atoms with Crippen LogP contribution in [0, 0.1) is 11.6 Å². The lowest BCUT2D eigenvalue weighted by Gasteiger charge is -2.24. The van der Waals surface area contributed by atoms with Crippen LogP contribution >= 0.6 is 0 Å². The van der Waals surface area contributed by atoms with Gasteiger partial charge in [0.2, 0.25) is 5.91 Å². The van der Waals surface area contributed by atoms with E-state index in [2.05, 4.69) is 5.32 Å². The summed E-state index contributed by atoms with van der Waals surface area (Å²) in [5.74, 6) is -3.08. The van der Waals surface area contributed by atoms with Gasteiger partial charge in [-0.05, 0) is 39.9 Å². The van der Waals surface area contributed by atoms with Gasteiger partial charge in [-0.15, -0.1) is 0 Å². The minimum absolute atomic E-state index is 0.181. The Bertz CT molecular complexity index is 1060. The minimum Gasteiger partial charge on any atom is -0.467 e. The van der Waals surface area contributed by atoms with Gasteiger partial charge in [-0.3, -0.25) is 4.79 Å². The van der Waals surface area contributed by atoms with Crippen molar-refractivity contribution in [2.24, 2.45) is 0 Å². The quantitative estimate of drug-likeness (QED) is 0.651. The lowest BCUT2D eigenvalue weighted by molar-refractivity contribution is -0.145. The molecule has 4 nitrogen and oxygen atoms in total. The Morgan fingerprint density at radius 2 is 1.47 bits per heavy atom. The largest absolute Gasteiger partial charge is 0.467 e. The van der Waals surface area contributed by atoms with Crippen LogP contribution in [0.25, 0.3) is 11.1 Å². The Labute approximate surface area is 172 Å². The van der Waals surface area contributed by atoms with Gasteiger partial charge in [-0.1, -0.05) is 48.5 Å². The van der Waals surface area contributed by atoms with Crippen LogP contribution in [0.15, 0.2) is 66.7 Å². The number of carbonyl (C=O) groups excluding carboxylic acids is 2. The monoisotopic (exact) mass is 407 g/mol. The number of hydrogen-bond donors (Lipinski definition) is 1. The molecule has 152 valence electrons. The number of nitrogens with one attached hydrogen (secondary N) is 1. The first-order valence-electron chi connectivity index (χ1n) is 9.48. The van der Waals surface area contributed by atoms with Gasteiger partial charge < -0.3 is 10.1 Å². The number of esters is 1. The molecule has 6 heteroatoms. The summed E-state index contributed by atoms with van der Waals surface area (Å²) in [4.78, 5) is 25.3. The SMILES string of the molecule is COC(=O)[C@H](NC(=O)Cc1cc(F)cc(F)c1)C1c2ccccc2-c2ccccc21. The van der Waals surface area contributed by atoms with Gasteiger partial charge in [0.05, 0.1) is 13.5 Å². The summed E-state index contributed by atoms with van der Waals surface area (Å²) in [6.45, 7) is 0. The normalized spacial score (nSPS) is 13.3. The fourth-order valence-electron chi connectivity index (χ4n) is 4.08. The van der Waals surface area contributed by atoms with Gasteiger partial charge in [0.1, 0.15) is 17.7 Å². The van der Waals surface area contributed by atoms with Crippen molar-refractivity contribution in [3.05, 3.63) is 95.1 Å². The van der Waals surface area contributed by atoms with E-state index in [0.717, 1.165) is 40.5 Å². The minimum atomic E-state index is -0.981. The van der Waals surface area contributed by atoms with Crippen molar-refractivity contribution in [1.82, 2.24) is 5.32 Å². The molecule has 0 saturated carbocycles. The predicted octanol–water partition coefficient (Wildman–Crippen LogP) is 3.98. The number of halogens is 2. The maximum absolute atomic E-state index is 13.5. The highest BCUT2D eigenvalue weighted by Crippen LogP contribution is 2.46. The smallest absolute Gasteiger partial charge is 0.329 e. The van der Waals surface area contributed by atoms with E-state index in [4.69, 9.17) is 4.74 Å². The predicted molar refractivity (Wildman–Crippen MR) is 108 cm³/mol. The average Bonchev–Trinajstić information content (AvgIpc) is 3.05. The lowest BCUT2D eigenvalue weighted by atomic mass is 9.89. The zero-order valence-corrected chi connectivity index (χ0v) is 16.2. The van der Waals surface area contributed by atoms with Crippen LogP contribution < -0.4 is 5.32 Å². The van der Waals surface area contributed by atoms with Crippen molar-refractivity contribution in [2.75, 3.05) is 7.11 Å². The number of ether oxygens (including phenoxy) is 1. The number of benzene rings is 3. The first-order chi connectivity index (χ1) is 14.5. The van der Waals surface area contributed by atoms with Crippen LogP contribution in [0.2, 0.25) is 0 Å². The van der Waals surface area contributed by atoms with Gasteiger partial charge in [0.15, 0.2) is 0 Å². The second-order valence-electron chi connectivity index (χ2n) is 7.17. The first kappa shape index (κ1) is 19.8. The Morgan fingerprint density at radius 1 is 0.933 bits per heavy atom. The molecule has 0 aromatic heterocycles. The number of methoxy groups -OCH3 is 1. The van der Waals surface area contributed by atoms with Gasteiger partial charge in [0.25, 0.3) is 0 Å². The molecule has 0 saturated heterocycles. The summed E-state index contributed by atoms with van der Waals surface area (Å²) in [6, 6.07) is 17.3. The molecule has 4 rings (SSSR count). The van der Waals surface area contributed by atoms with Crippen LogP contribution in [0.1, 0.15) is 22.6 Å². The van der Waals surface area contributed by atoms with E-state index in [0.29, 0.717) is 0 Å². The third-order valence-corrected chi connectivity index (χ3v) is 5.27.